The fourth-order valence-electron chi connectivity index (χ4n) is 3.00. The Balaban J connectivity index is 2.02. The standard InChI is InChI=1S/C19H15N3O4S/c1-12-7-9-14(10-8-12)27(25,26)19-17-15(11-16(23)20-18(17)24)21-22(19)13-5-3-2-4-6-13/h2-10H,11H2,1H3,(H,20,23,24). The highest BCUT2D eigenvalue weighted by molar-refractivity contribution is 7.91. The molecule has 0 aliphatic carbocycles. The van der Waals surface area contributed by atoms with E-state index in [0.717, 1.165) is 5.56 Å². The van der Waals surface area contributed by atoms with Crippen LogP contribution in [0.25, 0.3) is 5.69 Å². The van der Waals surface area contributed by atoms with Crippen molar-refractivity contribution in [2.24, 2.45) is 0 Å². The van der Waals surface area contributed by atoms with Gasteiger partial charge < -0.3 is 0 Å². The van der Waals surface area contributed by atoms with Gasteiger partial charge in [0.1, 0.15) is 5.56 Å². The first-order valence-electron chi connectivity index (χ1n) is 8.21. The van der Waals surface area contributed by atoms with Crippen molar-refractivity contribution in [3.63, 3.8) is 0 Å². The second kappa shape index (κ2) is 6.17. The number of hydrogen-bond acceptors (Lipinski definition) is 5. The van der Waals surface area contributed by atoms with Crippen LogP contribution >= 0.6 is 0 Å². The van der Waals surface area contributed by atoms with Crippen LogP contribution in [0.15, 0.2) is 64.5 Å². The summed E-state index contributed by atoms with van der Waals surface area (Å²) < 4.78 is 28.0. The summed E-state index contributed by atoms with van der Waals surface area (Å²) in [5.74, 6) is -1.27. The van der Waals surface area contributed by atoms with Gasteiger partial charge in [-0.2, -0.15) is 5.10 Å². The van der Waals surface area contributed by atoms with Gasteiger partial charge in [-0.3, -0.25) is 14.9 Å². The summed E-state index contributed by atoms with van der Waals surface area (Å²) in [6.45, 7) is 1.85. The molecule has 8 heteroatoms. The summed E-state index contributed by atoms with van der Waals surface area (Å²) in [5, 5.41) is 6.23. The number of benzene rings is 2. The SMILES string of the molecule is Cc1ccc(S(=O)(=O)c2c3c(nn2-c2ccccc2)CC(=O)NC3=O)cc1. The Morgan fingerprint density at radius 3 is 2.33 bits per heavy atom. The Labute approximate surface area is 155 Å². The van der Waals surface area contributed by atoms with Crippen molar-refractivity contribution in [3.05, 3.63) is 71.4 Å². The molecule has 0 unspecified atom stereocenters. The Hall–Kier alpha value is -3.26. The lowest BCUT2D eigenvalue weighted by Gasteiger charge is -2.13. The third-order valence-electron chi connectivity index (χ3n) is 4.31. The van der Waals surface area contributed by atoms with Crippen LogP contribution in [0, 0.1) is 6.92 Å². The third-order valence-corrected chi connectivity index (χ3v) is 6.09. The molecule has 0 radical (unpaired) electrons. The summed E-state index contributed by atoms with van der Waals surface area (Å²) in [4.78, 5) is 24.2. The van der Waals surface area contributed by atoms with Crippen molar-refractivity contribution in [2.75, 3.05) is 0 Å². The number of carbonyl (C=O) groups is 2. The number of imide groups is 1. The summed E-state index contributed by atoms with van der Waals surface area (Å²) in [6, 6.07) is 15.0. The molecule has 1 aliphatic rings. The largest absolute Gasteiger partial charge is 0.292 e. The number of nitrogens with one attached hydrogen (secondary N) is 1. The lowest BCUT2D eigenvalue weighted by Crippen LogP contribution is -2.37. The van der Waals surface area contributed by atoms with Crippen LogP contribution in [0.1, 0.15) is 21.6 Å². The van der Waals surface area contributed by atoms with Gasteiger partial charge in [0, 0.05) is 0 Å². The Morgan fingerprint density at radius 1 is 1.00 bits per heavy atom. The number of hydrogen-bond donors (Lipinski definition) is 1. The molecule has 2 amide bonds. The maximum Gasteiger partial charge on any atom is 0.262 e. The molecular formula is C19H15N3O4S. The molecule has 0 saturated carbocycles. The Morgan fingerprint density at radius 2 is 1.67 bits per heavy atom. The third kappa shape index (κ3) is 2.83. The first kappa shape index (κ1) is 17.2. The summed E-state index contributed by atoms with van der Waals surface area (Å²) in [7, 11) is -4.05. The zero-order valence-corrected chi connectivity index (χ0v) is 15.2. The lowest BCUT2D eigenvalue weighted by molar-refractivity contribution is -0.119. The van der Waals surface area contributed by atoms with Crippen LogP contribution in [-0.4, -0.2) is 30.0 Å². The molecule has 0 saturated heterocycles. The number of para-hydroxylation sites is 1. The van der Waals surface area contributed by atoms with E-state index in [1.54, 1.807) is 42.5 Å². The van der Waals surface area contributed by atoms with Gasteiger partial charge in [-0.15, -0.1) is 0 Å². The molecule has 0 atom stereocenters. The van der Waals surface area contributed by atoms with Gasteiger partial charge in [-0.25, -0.2) is 13.1 Å². The molecule has 1 aliphatic heterocycles. The molecule has 1 N–H and O–H groups in total. The number of fused-ring (bicyclic) bond motifs is 1. The zero-order valence-electron chi connectivity index (χ0n) is 14.3. The molecule has 0 fully saturated rings. The van der Waals surface area contributed by atoms with Crippen molar-refractivity contribution in [3.8, 4) is 5.69 Å². The molecule has 0 bridgehead atoms. The first-order chi connectivity index (χ1) is 12.9. The van der Waals surface area contributed by atoms with Crippen molar-refractivity contribution < 1.29 is 18.0 Å². The first-order valence-corrected chi connectivity index (χ1v) is 9.69. The van der Waals surface area contributed by atoms with Crippen molar-refractivity contribution in [2.45, 2.75) is 23.3 Å². The van der Waals surface area contributed by atoms with E-state index in [-0.39, 0.29) is 27.6 Å². The second-order valence-corrected chi connectivity index (χ2v) is 8.11. The summed E-state index contributed by atoms with van der Waals surface area (Å²) in [5.41, 5.74) is 1.46. The van der Waals surface area contributed by atoms with Crippen LogP contribution in [0.4, 0.5) is 0 Å². The minimum Gasteiger partial charge on any atom is -0.292 e. The van der Waals surface area contributed by atoms with Gasteiger partial charge in [-0.1, -0.05) is 35.9 Å². The topological polar surface area (TPSA) is 98.1 Å². The van der Waals surface area contributed by atoms with E-state index in [0.29, 0.717) is 5.69 Å². The molecule has 7 nitrogen and oxygen atoms in total. The Kier molecular flexibility index (Phi) is 3.92. The Bertz CT molecular complexity index is 1160. The van der Waals surface area contributed by atoms with Crippen LogP contribution in [0.3, 0.4) is 0 Å². The summed E-state index contributed by atoms with van der Waals surface area (Å²) in [6.07, 6.45) is -0.155. The predicted octanol–water partition coefficient (Wildman–Crippen LogP) is 1.83. The van der Waals surface area contributed by atoms with Gasteiger partial charge in [0.05, 0.1) is 22.7 Å². The van der Waals surface area contributed by atoms with E-state index in [4.69, 9.17) is 0 Å². The molecule has 0 spiro atoms. The predicted molar refractivity (Wildman–Crippen MR) is 96.4 cm³/mol. The second-order valence-electron chi connectivity index (χ2n) is 6.24. The van der Waals surface area contributed by atoms with E-state index >= 15 is 0 Å². The molecule has 2 heterocycles. The quantitative estimate of drug-likeness (QED) is 0.698. The number of rotatable bonds is 3. The van der Waals surface area contributed by atoms with Gasteiger partial charge in [0.15, 0.2) is 5.03 Å². The highest BCUT2D eigenvalue weighted by Gasteiger charge is 2.37. The fraction of sp³-hybridized carbons (Fsp3) is 0.105. The van der Waals surface area contributed by atoms with Crippen molar-refractivity contribution in [1.29, 1.82) is 0 Å². The minimum absolute atomic E-state index is 0.0534. The number of carbonyl (C=O) groups excluding carboxylic acids is 2. The van der Waals surface area contributed by atoms with Crippen molar-refractivity contribution >= 4 is 21.7 Å². The average molecular weight is 381 g/mol. The number of aryl methyl sites for hydroxylation is 1. The van der Waals surface area contributed by atoms with E-state index < -0.39 is 21.7 Å². The fourth-order valence-corrected chi connectivity index (χ4v) is 4.58. The maximum absolute atomic E-state index is 13.4. The van der Waals surface area contributed by atoms with Crippen molar-refractivity contribution in [1.82, 2.24) is 15.1 Å². The molecule has 27 heavy (non-hydrogen) atoms. The number of nitrogens with zero attached hydrogens (tertiary/aromatic N) is 2. The zero-order chi connectivity index (χ0) is 19.2. The minimum atomic E-state index is -4.05. The number of aromatic nitrogens is 2. The molecular weight excluding hydrogens is 366 g/mol. The number of amides is 2. The molecule has 4 rings (SSSR count). The lowest BCUT2D eigenvalue weighted by atomic mass is 10.1. The molecule has 136 valence electrons. The maximum atomic E-state index is 13.4. The highest BCUT2D eigenvalue weighted by Crippen LogP contribution is 2.30. The van der Waals surface area contributed by atoms with Gasteiger partial charge >= 0.3 is 0 Å². The summed E-state index contributed by atoms with van der Waals surface area (Å²) >= 11 is 0. The number of sulfone groups is 1. The normalized spacial score (nSPS) is 14.0. The monoisotopic (exact) mass is 381 g/mol. The average Bonchev–Trinajstić information content (AvgIpc) is 3.03. The van der Waals surface area contributed by atoms with Crippen LogP contribution in [0.5, 0.6) is 0 Å². The molecule has 3 aromatic rings. The van der Waals surface area contributed by atoms with Crippen LogP contribution in [-0.2, 0) is 21.1 Å². The van der Waals surface area contributed by atoms with E-state index in [2.05, 4.69) is 10.4 Å². The van der Waals surface area contributed by atoms with E-state index in [9.17, 15) is 18.0 Å². The van der Waals surface area contributed by atoms with Gasteiger partial charge in [0.25, 0.3) is 5.91 Å². The van der Waals surface area contributed by atoms with Gasteiger partial charge in [0.2, 0.25) is 15.7 Å². The smallest absolute Gasteiger partial charge is 0.262 e. The van der Waals surface area contributed by atoms with Crippen LogP contribution < -0.4 is 5.32 Å². The molecule has 2 aromatic carbocycles. The molecule has 1 aromatic heterocycles. The van der Waals surface area contributed by atoms with E-state index in [1.165, 1.54) is 16.8 Å². The van der Waals surface area contributed by atoms with Crippen LogP contribution in [0.2, 0.25) is 0 Å². The van der Waals surface area contributed by atoms with E-state index in [1.807, 2.05) is 6.92 Å². The van der Waals surface area contributed by atoms with Gasteiger partial charge in [-0.05, 0) is 31.2 Å². The highest BCUT2D eigenvalue weighted by atomic mass is 32.2.